The van der Waals surface area contributed by atoms with E-state index in [9.17, 15) is 19.5 Å². The summed E-state index contributed by atoms with van der Waals surface area (Å²) in [7, 11) is 1.72. The van der Waals surface area contributed by atoms with E-state index < -0.39 is 29.6 Å². The number of halogens is 1. The molecule has 5 rings (SSSR count). The van der Waals surface area contributed by atoms with Crippen molar-refractivity contribution in [3.05, 3.63) is 53.6 Å². The Morgan fingerprint density at radius 1 is 1.06 bits per heavy atom. The van der Waals surface area contributed by atoms with Gasteiger partial charge in [0.15, 0.2) is 0 Å². The fourth-order valence-electron chi connectivity index (χ4n) is 5.96. The van der Waals surface area contributed by atoms with Crippen LogP contribution < -0.4 is 4.90 Å². The van der Waals surface area contributed by atoms with Gasteiger partial charge in [0, 0.05) is 33.3 Å². The van der Waals surface area contributed by atoms with Gasteiger partial charge in [0.2, 0.25) is 11.8 Å². The average Bonchev–Trinajstić information content (AvgIpc) is 3.16. The maximum Gasteiger partial charge on any atom is 0.253 e. The molecule has 9 heteroatoms. The molecule has 1 aromatic carbocycles. The number of benzene rings is 1. The van der Waals surface area contributed by atoms with Crippen molar-refractivity contribution in [3.8, 4) is 0 Å². The SMILES string of the molecule is CN1CC=C[C@@H]2O[C@]34C=CCN(c5ccccc5Cl)C(=O)C3N(CCCCCO)C(=O)[C@@H]4[C@@H]2C1=O. The molecular formula is C26H30ClN3O5. The molecule has 186 valence electrons. The van der Waals surface area contributed by atoms with Crippen LogP contribution in [0.1, 0.15) is 19.3 Å². The van der Waals surface area contributed by atoms with E-state index in [2.05, 4.69) is 0 Å². The topological polar surface area (TPSA) is 90.4 Å². The van der Waals surface area contributed by atoms with Gasteiger partial charge in [-0.1, -0.05) is 48.0 Å². The number of hydrogen-bond donors (Lipinski definition) is 1. The van der Waals surface area contributed by atoms with Crippen LogP contribution in [0.2, 0.25) is 5.02 Å². The molecule has 4 aliphatic heterocycles. The first-order valence-electron chi connectivity index (χ1n) is 12.1. The maximum atomic E-state index is 14.2. The number of carbonyl (C=O) groups is 3. The Labute approximate surface area is 209 Å². The number of ether oxygens (including phenoxy) is 1. The molecule has 0 radical (unpaired) electrons. The molecule has 8 nitrogen and oxygen atoms in total. The second-order valence-electron chi connectivity index (χ2n) is 9.61. The molecule has 0 aliphatic carbocycles. The van der Waals surface area contributed by atoms with E-state index in [1.807, 2.05) is 30.4 Å². The number of nitrogens with zero attached hydrogens (tertiary/aromatic N) is 3. The lowest BCUT2D eigenvalue weighted by Gasteiger charge is -2.35. The van der Waals surface area contributed by atoms with E-state index in [0.717, 1.165) is 6.42 Å². The first-order valence-corrected chi connectivity index (χ1v) is 12.5. The number of aliphatic hydroxyl groups excluding tert-OH is 1. The number of fused-ring (bicyclic) bond motifs is 2. The predicted molar refractivity (Wildman–Crippen MR) is 131 cm³/mol. The number of carbonyl (C=O) groups excluding carboxylic acids is 3. The highest BCUT2D eigenvalue weighted by atomic mass is 35.5. The Morgan fingerprint density at radius 2 is 1.86 bits per heavy atom. The van der Waals surface area contributed by atoms with Gasteiger partial charge >= 0.3 is 0 Å². The number of likely N-dealkylation sites (N-methyl/N-ethyl adjacent to an activating group) is 1. The Balaban J connectivity index is 1.58. The van der Waals surface area contributed by atoms with Gasteiger partial charge < -0.3 is 24.5 Å². The van der Waals surface area contributed by atoms with Gasteiger partial charge in [0.25, 0.3) is 5.91 Å². The van der Waals surface area contributed by atoms with Gasteiger partial charge in [-0.3, -0.25) is 14.4 Å². The smallest absolute Gasteiger partial charge is 0.253 e. The zero-order chi connectivity index (χ0) is 24.7. The Kier molecular flexibility index (Phi) is 6.46. The fourth-order valence-corrected chi connectivity index (χ4v) is 6.20. The zero-order valence-electron chi connectivity index (χ0n) is 19.7. The first kappa shape index (κ1) is 24.0. The predicted octanol–water partition coefficient (Wildman–Crippen LogP) is 2.01. The van der Waals surface area contributed by atoms with E-state index in [-0.39, 0.29) is 30.9 Å². The summed E-state index contributed by atoms with van der Waals surface area (Å²) in [5.41, 5.74) is -0.672. The third-order valence-electron chi connectivity index (χ3n) is 7.56. The average molecular weight is 500 g/mol. The van der Waals surface area contributed by atoms with Crippen LogP contribution in [0.5, 0.6) is 0 Å². The fraction of sp³-hybridized carbons (Fsp3) is 0.500. The van der Waals surface area contributed by atoms with Crippen molar-refractivity contribution in [1.82, 2.24) is 9.80 Å². The molecule has 0 bridgehead atoms. The van der Waals surface area contributed by atoms with Gasteiger partial charge in [-0.2, -0.15) is 0 Å². The molecule has 1 spiro atoms. The molecule has 3 amide bonds. The second kappa shape index (κ2) is 9.41. The zero-order valence-corrected chi connectivity index (χ0v) is 20.4. The van der Waals surface area contributed by atoms with Crippen molar-refractivity contribution < 1.29 is 24.2 Å². The monoisotopic (exact) mass is 499 g/mol. The van der Waals surface area contributed by atoms with Gasteiger partial charge in [0.05, 0.1) is 28.6 Å². The van der Waals surface area contributed by atoms with Crippen molar-refractivity contribution in [1.29, 1.82) is 0 Å². The van der Waals surface area contributed by atoms with Crippen LogP contribution in [-0.4, -0.2) is 83.7 Å². The Hall–Kier alpha value is -2.68. The number of amides is 3. The number of unbranched alkanes of at least 4 members (excludes halogenated alkanes) is 2. The standard InChI is InChI=1S/C26H30ClN3O5/c1-28-13-7-11-19-20(23(28)32)21-24(33)30(14-5-2-6-16-31)22-25(34)29(15-8-12-26(21,22)35-19)18-10-4-3-9-17(18)27/h3-4,7-12,19-22,31H,2,5-6,13-16H2,1H3/t19-,20+,21-,22?,26-/m0/s1. The largest absolute Gasteiger partial charge is 0.396 e. The van der Waals surface area contributed by atoms with Gasteiger partial charge in [-0.15, -0.1) is 0 Å². The van der Waals surface area contributed by atoms with E-state index in [1.165, 1.54) is 0 Å². The van der Waals surface area contributed by atoms with Crippen molar-refractivity contribution in [2.75, 3.05) is 38.2 Å². The lowest BCUT2D eigenvalue weighted by atomic mass is 9.77. The highest BCUT2D eigenvalue weighted by Crippen LogP contribution is 2.53. The lowest BCUT2D eigenvalue weighted by molar-refractivity contribution is -0.143. The minimum Gasteiger partial charge on any atom is -0.396 e. The summed E-state index contributed by atoms with van der Waals surface area (Å²) in [4.78, 5) is 46.3. The summed E-state index contributed by atoms with van der Waals surface area (Å²) in [6.07, 6.45) is 8.81. The number of aliphatic hydroxyl groups is 1. The van der Waals surface area contributed by atoms with E-state index in [0.29, 0.717) is 36.6 Å². The molecule has 1 unspecified atom stereocenters. The molecule has 4 heterocycles. The number of rotatable bonds is 6. The number of hydrogen-bond acceptors (Lipinski definition) is 5. The maximum absolute atomic E-state index is 14.2. The molecular weight excluding hydrogens is 470 g/mol. The van der Waals surface area contributed by atoms with E-state index in [4.69, 9.17) is 16.3 Å². The Morgan fingerprint density at radius 3 is 2.63 bits per heavy atom. The van der Waals surface area contributed by atoms with Crippen LogP contribution in [0.25, 0.3) is 0 Å². The third kappa shape index (κ3) is 3.79. The molecule has 1 N–H and O–H groups in total. The molecule has 1 aromatic rings. The van der Waals surface area contributed by atoms with E-state index in [1.54, 1.807) is 39.9 Å². The highest BCUT2D eigenvalue weighted by Gasteiger charge is 2.71. The van der Waals surface area contributed by atoms with Gasteiger partial charge in [-0.25, -0.2) is 0 Å². The van der Waals surface area contributed by atoms with Gasteiger partial charge in [-0.05, 0) is 31.4 Å². The van der Waals surface area contributed by atoms with Crippen LogP contribution in [0.15, 0.2) is 48.6 Å². The van der Waals surface area contributed by atoms with Crippen molar-refractivity contribution in [2.45, 2.75) is 37.0 Å². The molecule has 2 saturated heterocycles. The van der Waals surface area contributed by atoms with Crippen molar-refractivity contribution in [2.24, 2.45) is 11.8 Å². The third-order valence-corrected chi connectivity index (χ3v) is 7.88. The summed E-state index contributed by atoms with van der Waals surface area (Å²) in [5.74, 6) is -2.14. The second-order valence-corrected chi connectivity index (χ2v) is 10.0. The highest BCUT2D eigenvalue weighted by molar-refractivity contribution is 6.34. The summed E-state index contributed by atoms with van der Waals surface area (Å²) in [5, 5.41) is 9.61. The van der Waals surface area contributed by atoms with Crippen LogP contribution in [0, 0.1) is 11.8 Å². The summed E-state index contributed by atoms with van der Waals surface area (Å²) >= 11 is 6.45. The molecule has 5 atom stereocenters. The summed E-state index contributed by atoms with van der Waals surface area (Å²) in [6.45, 7) is 1.15. The van der Waals surface area contributed by atoms with Crippen LogP contribution >= 0.6 is 11.6 Å². The van der Waals surface area contributed by atoms with Gasteiger partial charge in [0.1, 0.15) is 11.6 Å². The van der Waals surface area contributed by atoms with E-state index >= 15 is 0 Å². The lowest BCUT2D eigenvalue weighted by Crippen LogP contribution is -2.55. The van der Waals surface area contributed by atoms with Crippen LogP contribution in [0.3, 0.4) is 0 Å². The van der Waals surface area contributed by atoms with Crippen molar-refractivity contribution in [3.63, 3.8) is 0 Å². The normalized spacial score (nSPS) is 32.0. The summed E-state index contributed by atoms with van der Waals surface area (Å²) in [6, 6.07) is 6.22. The Bertz CT molecular complexity index is 1090. The number of anilines is 1. The first-order chi connectivity index (χ1) is 16.9. The number of likely N-dealkylation sites (tertiary alicyclic amines) is 1. The quantitative estimate of drug-likeness (QED) is 0.477. The molecule has 0 saturated carbocycles. The molecule has 35 heavy (non-hydrogen) atoms. The van der Waals surface area contributed by atoms with Crippen LogP contribution in [-0.2, 0) is 19.1 Å². The molecule has 2 fully saturated rings. The number of para-hydroxylation sites is 1. The minimum atomic E-state index is -1.24. The molecule has 4 aliphatic rings. The summed E-state index contributed by atoms with van der Waals surface area (Å²) < 4.78 is 6.57. The van der Waals surface area contributed by atoms with Crippen molar-refractivity contribution >= 4 is 35.0 Å². The van der Waals surface area contributed by atoms with Crippen LogP contribution in [0.4, 0.5) is 5.69 Å². The minimum absolute atomic E-state index is 0.0753. The molecule has 0 aromatic heterocycles.